The third-order valence-electron chi connectivity index (χ3n) is 3.00. The van der Waals surface area contributed by atoms with Crippen LogP contribution in [-0.4, -0.2) is 13.7 Å². The smallest absolute Gasteiger partial charge is 0.119 e. The van der Waals surface area contributed by atoms with Crippen molar-refractivity contribution in [1.29, 1.82) is 0 Å². The molecular weight excluding hydrogens is 246 g/mol. The van der Waals surface area contributed by atoms with Gasteiger partial charge in [-0.25, -0.2) is 0 Å². The molecule has 94 valence electrons. The van der Waals surface area contributed by atoms with Gasteiger partial charge in [-0.1, -0.05) is 35.9 Å². The first-order valence-electron chi connectivity index (χ1n) is 5.84. The Labute approximate surface area is 112 Å². The second kappa shape index (κ2) is 5.89. The van der Waals surface area contributed by atoms with E-state index in [-0.39, 0.29) is 5.92 Å². The second-order valence-electron chi connectivity index (χ2n) is 4.12. The molecule has 0 aliphatic heterocycles. The molecule has 2 aromatic carbocycles. The molecule has 3 heteroatoms. The molecule has 2 nitrogen and oxygen atoms in total. The fourth-order valence-electron chi connectivity index (χ4n) is 2.02. The molecule has 0 radical (unpaired) electrons. The Kier molecular flexibility index (Phi) is 4.24. The minimum Gasteiger partial charge on any atom is -0.497 e. The summed E-state index contributed by atoms with van der Waals surface area (Å²) in [4.78, 5) is 0. The van der Waals surface area contributed by atoms with E-state index >= 15 is 0 Å². The van der Waals surface area contributed by atoms with E-state index in [0.717, 1.165) is 21.9 Å². The lowest BCUT2D eigenvalue weighted by Crippen LogP contribution is -2.13. The molecule has 0 bridgehead atoms. The molecule has 0 saturated heterocycles. The van der Waals surface area contributed by atoms with Crippen LogP contribution in [0.3, 0.4) is 0 Å². The number of halogens is 1. The highest BCUT2D eigenvalue weighted by Crippen LogP contribution is 2.27. The highest BCUT2D eigenvalue weighted by molar-refractivity contribution is 6.30. The minimum atomic E-state index is 0.164. The number of benzene rings is 2. The van der Waals surface area contributed by atoms with Crippen molar-refractivity contribution in [3.05, 3.63) is 64.7 Å². The Morgan fingerprint density at radius 2 is 1.83 bits per heavy atom. The molecule has 0 spiro atoms. The number of nitrogens with two attached hydrogens (primary N) is 1. The summed E-state index contributed by atoms with van der Waals surface area (Å²) in [5.41, 5.74) is 8.21. The van der Waals surface area contributed by atoms with Crippen LogP contribution in [0.1, 0.15) is 17.0 Å². The predicted octanol–water partition coefficient (Wildman–Crippen LogP) is 3.44. The molecule has 0 fully saturated rings. The maximum Gasteiger partial charge on any atom is 0.119 e. The summed E-state index contributed by atoms with van der Waals surface area (Å²) in [6, 6.07) is 15.8. The molecule has 0 saturated carbocycles. The van der Waals surface area contributed by atoms with Gasteiger partial charge in [0.1, 0.15) is 5.75 Å². The summed E-state index contributed by atoms with van der Waals surface area (Å²) in [5.74, 6) is 1.01. The monoisotopic (exact) mass is 261 g/mol. The van der Waals surface area contributed by atoms with E-state index in [1.54, 1.807) is 7.11 Å². The average molecular weight is 262 g/mol. The first-order chi connectivity index (χ1) is 8.74. The fraction of sp³-hybridized carbons (Fsp3) is 0.200. The van der Waals surface area contributed by atoms with Crippen LogP contribution in [0.15, 0.2) is 48.5 Å². The summed E-state index contributed by atoms with van der Waals surface area (Å²) < 4.78 is 5.24. The summed E-state index contributed by atoms with van der Waals surface area (Å²) in [7, 11) is 1.67. The van der Waals surface area contributed by atoms with Crippen LogP contribution in [0.4, 0.5) is 0 Å². The van der Waals surface area contributed by atoms with Crippen molar-refractivity contribution in [2.24, 2.45) is 5.73 Å². The van der Waals surface area contributed by atoms with E-state index in [2.05, 4.69) is 6.07 Å². The lowest BCUT2D eigenvalue weighted by molar-refractivity contribution is 0.414. The van der Waals surface area contributed by atoms with Gasteiger partial charge in [-0.3, -0.25) is 0 Å². The lowest BCUT2D eigenvalue weighted by atomic mass is 9.91. The quantitative estimate of drug-likeness (QED) is 0.915. The van der Waals surface area contributed by atoms with E-state index in [1.165, 1.54) is 0 Å². The van der Waals surface area contributed by atoms with E-state index < -0.39 is 0 Å². The Balaban J connectivity index is 2.35. The van der Waals surface area contributed by atoms with Gasteiger partial charge in [-0.05, 0) is 35.4 Å². The Morgan fingerprint density at radius 3 is 2.44 bits per heavy atom. The van der Waals surface area contributed by atoms with Gasteiger partial charge in [0.05, 0.1) is 7.11 Å². The van der Waals surface area contributed by atoms with Gasteiger partial charge >= 0.3 is 0 Å². The van der Waals surface area contributed by atoms with Gasteiger partial charge < -0.3 is 10.5 Å². The standard InChI is InChI=1S/C15H16ClNO/c1-18-14-4-2-3-12(9-14)15(10-17)11-5-7-13(16)8-6-11/h2-9,15H,10,17H2,1H3. The molecule has 2 aromatic rings. The largest absolute Gasteiger partial charge is 0.497 e. The van der Waals surface area contributed by atoms with Crippen LogP contribution in [0.5, 0.6) is 5.75 Å². The maximum absolute atomic E-state index is 5.90. The average Bonchev–Trinajstić information content (AvgIpc) is 2.42. The molecule has 2 rings (SSSR count). The highest BCUT2D eigenvalue weighted by atomic mass is 35.5. The molecule has 2 N–H and O–H groups in total. The van der Waals surface area contributed by atoms with Crippen LogP contribution in [-0.2, 0) is 0 Å². The first kappa shape index (κ1) is 12.9. The van der Waals surface area contributed by atoms with E-state index in [1.807, 2.05) is 42.5 Å². The molecule has 18 heavy (non-hydrogen) atoms. The van der Waals surface area contributed by atoms with Crippen LogP contribution in [0.25, 0.3) is 0 Å². The summed E-state index contributed by atoms with van der Waals surface area (Å²) in [6.45, 7) is 0.550. The van der Waals surface area contributed by atoms with Gasteiger partial charge in [-0.15, -0.1) is 0 Å². The summed E-state index contributed by atoms with van der Waals surface area (Å²) >= 11 is 5.90. The normalized spacial score (nSPS) is 12.2. The van der Waals surface area contributed by atoms with Crippen molar-refractivity contribution < 1.29 is 4.74 Å². The van der Waals surface area contributed by atoms with Crippen LogP contribution < -0.4 is 10.5 Å². The molecule has 0 aliphatic carbocycles. The zero-order valence-corrected chi connectivity index (χ0v) is 11.0. The number of hydrogen-bond donors (Lipinski definition) is 1. The Morgan fingerprint density at radius 1 is 1.11 bits per heavy atom. The van der Waals surface area contributed by atoms with Gasteiger partial charge in [-0.2, -0.15) is 0 Å². The third-order valence-corrected chi connectivity index (χ3v) is 3.26. The minimum absolute atomic E-state index is 0.164. The second-order valence-corrected chi connectivity index (χ2v) is 4.55. The fourth-order valence-corrected chi connectivity index (χ4v) is 2.14. The first-order valence-corrected chi connectivity index (χ1v) is 6.22. The van der Waals surface area contributed by atoms with Crippen molar-refractivity contribution in [3.63, 3.8) is 0 Å². The summed E-state index contributed by atoms with van der Waals surface area (Å²) in [6.07, 6.45) is 0. The van der Waals surface area contributed by atoms with Crippen molar-refractivity contribution in [2.75, 3.05) is 13.7 Å². The lowest BCUT2D eigenvalue weighted by Gasteiger charge is -2.16. The van der Waals surface area contributed by atoms with Crippen molar-refractivity contribution in [3.8, 4) is 5.75 Å². The summed E-state index contributed by atoms with van der Waals surface area (Å²) in [5, 5.41) is 0.736. The maximum atomic E-state index is 5.90. The highest BCUT2D eigenvalue weighted by Gasteiger charge is 2.12. The third kappa shape index (κ3) is 2.84. The Hall–Kier alpha value is -1.51. The van der Waals surface area contributed by atoms with E-state index in [9.17, 15) is 0 Å². The van der Waals surface area contributed by atoms with Gasteiger partial charge in [0.15, 0.2) is 0 Å². The van der Waals surface area contributed by atoms with Gasteiger partial charge in [0.25, 0.3) is 0 Å². The van der Waals surface area contributed by atoms with Crippen LogP contribution in [0, 0.1) is 0 Å². The number of hydrogen-bond acceptors (Lipinski definition) is 2. The van der Waals surface area contributed by atoms with Crippen molar-refractivity contribution in [1.82, 2.24) is 0 Å². The number of methoxy groups -OCH3 is 1. The number of rotatable bonds is 4. The van der Waals surface area contributed by atoms with Gasteiger partial charge in [0, 0.05) is 17.5 Å². The molecule has 0 aromatic heterocycles. The van der Waals surface area contributed by atoms with Crippen LogP contribution in [0.2, 0.25) is 5.02 Å². The van der Waals surface area contributed by atoms with E-state index in [0.29, 0.717) is 6.54 Å². The van der Waals surface area contributed by atoms with Gasteiger partial charge in [0.2, 0.25) is 0 Å². The van der Waals surface area contributed by atoms with E-state index in [4.69, 9.17) is 22.1 Å². The van der Waals surface area contributed by atoms with Crippen molar-refractivity contribution in [2.45, 2.75) is 5.92 Å². The molecule has 0 aliphatic rings. The molecular formula is C15H16ClNO. The Bertz CT molecular complexity index is 510. The topological polar surface area (TPSA) is 35.2 Å². The zero-order chi connectivity index (χ0) is 13.0. The SMILES string of the molecule is COc1cccc(C(CN)c2ccc(Cl)cc2)c1. The molecule has 1 atom stereocenters. The van der Waals surface area contributed by atoms with Crippen LogP contribution >= 0.6 is 11.6 Å². The molecule has 0 amide bonds. The zero-order valence-electron chi connectivity index (χ0n) is 10.3. The van der Waals surface area contributed by atoms with Crippen molar-refractivity contribution >= 4 is 11.6 Å². The predicted molar refractivity (Wildman–Crippen MR) is 75.3 cm³/mol. The molecule has 1 unspecified atom stereocenters. The number of ether oxygens (including phenoxy) is 1. The molecule has 0 heterocycles.